The van der Waals surface area contributed by atoms with Gasteiger partial charge in [0.2, 0.25) is 5.43 Å². The van der Waals surface area contributed by atoms with Crippen LogP contribution in [-0.2, 0) is 0 Å². The zero-order valence-corrected chi connectivity index (χ0v) is 12.6. The number of aromatic nitrogens is 2. The number of amides is 1. The number of rotatable bonds is 3. The number of nitrogens with one attached hydrogen (secondary N) is 2. The van der Waals surface area contributed by atoms with E-state index in [-0.39, 0.29) is 11.1 Å². The molecule has 2 aromatic rings. The number of H-pyrrole nitrogens is 1. The number of fused-ring (bicyclic) bond motifs is 1. The minimum Gasteiger partial charge on any atom is -0.350 e. The van der Waals surface area contributed by atoms with Crippen LogP contribution in [0.4, 0.5) is 0 Å². The van der Waals surface area contributed by atoms with Crippen molar-refractivity contribution in [1.29, 1.82) is 0 Å². The second-order valence-corrected chi connectivity index (χ2v) is 5.93. The first-order chi connectivity index (χ1) is 10.6. The van der Waals surface area contributed by atoms with E-state index in [9.17, 15) is 9.59 Å². The minimum atomic E-state index is -0.403. The van der Waals surface area contributed by atoms with Gasteiger partial charge in [-0.2, -0.15) is 5.10 Å². The molecule has 1 aliphatic heterocycles. The Morgan fingerprint density at radius 3 is 3.09 bits per heavy atom. The molecule has 22 heavy (non-hydrogen) atoms. The summed E-state index contributed by atoms with van der Waals surface area (Å²) >= 11 is 0. The van der Waals surface area contributed by atoms with Gasteiger partial charge in [0.15, 0.2) is 5.69 Å². The fraction of sp³-hybridized carbons (Fsp3) is 0.438. The Hall–Kier alpha value is -2.21. The Labute approximate surface area is 128 Å². The molecule has 1 saturated heterocycles. The predicted molar refractivity (Wildman–Crippen MR) is 84.9 cm³/mol. The van der Waals surface area contributed by atoms with Crippen molar-refractivity contribution in [2.24, 2.45) is 5.92 Å². The molecule has 1 aliphatic rings. The van der Waals surface area contributed by atoms with E-state index < -0.39 is 5.91 Å². The molecule has 3 rings (SSSR count). The molecule has 116 valence electrons. The lowest BCUT2D eigenvalue weighted by molar-refractivity contribution is 0.0930. The van der Waals surface area contributed by atoms with Gasteiger partial charge in [0.05, 0.1) is 5.52 Å². The van der Waals surface area contributed by atoms with Gasteiger partial charge >= 0.3 is 0 Å². The SMILES string of the molecule is CN1CCCC(CNC(=O)c2n[nH]c3ccccc3c2=O)C1. The highest BCUT2D eigenvalue weighted by molar-refractivity contribution is 5.95. The number of benzene rings is 1. The number of hydrogen-bond donors (Lipinski definition) is 2. The molecular formula is C16H20N4O2. The fourth-order valence-corrected chi connectivity index (χ4v) is 2.99. The average molecular weight is 300 g/mol. The standard InChI is InChI=1S/C16H20N4O2/c1-20-8-4-5-11(10-20)9-17-16(22)14-15(21)12-6-2-3-7-13(12)18-19-14/h2-3,6-7,11H,4-5,8-10H2,1H3,(H,17,22)(H,18,21). The Kier molecular flexibility index (Phi) is 4.20. The van der Waals surface area contributed by atoms with E-state index >= 15 is 0 Å². The van der Waals surface area contributed by atoms with Gasteiger partial charge < -0.3 is 10.2 Å². The third-order valence-corrected chi connectivity index (χ3v) is 4.16. The summed E-state index contributed by atoms with van der Waals surface area (Å²) in [5.41, 5.74) is 0.244. The second-order valence-electron chi connectivity index (χ2n) is 5.93. The van der Waals surface area contributed by atoms with Crippen LogP contribution in [-0.4, -0.2) is 47.7 Å². The number of carbonyl (C=O) groups excluding carboxylic acids is 1. The Morgan fingerprint density at radius 1 is 1.45 bits per heavy atom. The van der Waals surface area contributed by atoms with Crippen LogP contribution < -0.4 is 10.7 Å². The highest BCUT2D eigenvalue weighted by Crippen LogP contribution is 2.14. The molecule has 2 heterocycles. The van der Waals surface area contributed by atoms with Crippen LogP contribution in [0.1, 0.15) is 23.3 Å². The Bertz CT molecular complexity index is 740. The summed E-state index contributed by atoms with van der Waals surface area (Å²) in [5, 5.41) is 10.0. The fourth-order valence-electron chi connectivity index (χ4n) is 2.99. The molecule has 0 aliphatic carbocycles. The minimum absolute atomic E-state index is 0.0668. The highest BCUT2D eigenvalue weighted by Gasteiger charge is 2.20. The maximum absolute atomic E-state index is 12.3. The third kappa shape index (κ3) is 3.01. The van der Waals surface area contributed by atoms with E-state index in [0.29, 0.717) is 23.4 Å². The topological polar surface area (TPSA) is 78.1 Å². The first kappa shape index (κ1) is 14.7. The molecule has 1 aromatic carbocycles. The summed E-state index contributed by atoms with van der Waals surface area (Å²) in [6.07, 6.45) is 2.25. The summed E-state index contributed by atoms with van der Waals surface area (Å²) in [5.74, 6) is 0.0301. The summed E-state index contributed by atoms with van der Waals surface area (Å²) in [6.45, 7) is 2.66. The number of para-hydroxylation sites is 1. The van der Waals surface area contributed by atoms with Crippen molar-refractivity contribution in [3.63, 3.8) is 0 Å². The predicted octanol–water partition coefficient (Wildman–Crippen LogP) is 0.995. The van der Waals surface area contributed by atoms with Crippen molar-refractivity contribution >= 4 is 16.8 Å². The number of hydrogen-bond acceptors (Lipinski definition) is 4. The first-order valence-corrected chi connectivity index (χ1v) is 7.59. The van der Waals surface area contributed by atoms with Crippen molar-refractivity contribution in [1.82, 2.24) is 20.4 Å². The molecule has 1 aromatic heterocycles. The lowest BCUT2D eigenvalue weighted by Crippen LogP contribution is -2.40. The largest absolute Gasteiger partial charge is 0.350 e. The molecule has 1 unspecified atom stereocenters. The van der Waals surface area contributed by atoms with Crippen LogP contribution in [0.5, 0.6) is 0 Å². The normalized spacial score (nSPS) is 19.2. The summed E-state index contributed by atoms with van der Waals surface area (Å²) in [4.78, 5) is 26.8. The molecular weight excluding hydrogens is 280 g/mol. The molecule has 2 N–H and O–H groups in total. The summed E-state index contributed by atoms with van der Waals surface area (Å²) < 4.78 is 0. The number of likely N-dealkylation sites (tertiary alicyclic amines) is 1. The van der Waals surface area contributed by atoms with Gasteiger partial charge in [0.25, 0.3) is 5.91 Å². The molecule has 0 saturated carbocycles. The maximum Gasteiger partial charge on any atom is 0.275 e. The van der Waals surface area contributed by atoms with Gasteiger partial charge in [-0.25, -0.2) is 0 Å². The number of piperidine rings is 1. The van der Waals surface area contributed by atoms with Crippen molar-refractivity contribution in [3.8, 4) is 0 Å². The lowest BCUT2D eigenvalue weighted by Gasteiger charge is -2.29. The van der Waals surface area contributed by atoms with Crippen LogP contribution in [0.25, 0.3) is 10.9 Å². The van der Waals surface area contributed by atoms with Crippen LogP contribution in [0.3, 0.4) is 0 Å². The molecule has 0 spiro atoms. The lowest BCUT2D eigenvalue weighted by atomic mass is 9.98. The smallest absolute Gasteiger partial charge is 0.275 e. The first-order valence-electron chi connectivity index (χ1n) is 7.59. The molecule has 1 amide bonds. The number of carbonyl (C=O) groups is 1. The van der Waals surface area contributed by atoms with Crippen LogP contribution in [0.2, 0.25) is 0 Å². The van der Waals surface area contributed by atoms with Gasteiger partial charge in [0, 0.05) is 18.5 Å². The molecule has 6 nitrogen and oxygen atoms in total. The van der Waals surface area contributed by atoms with E-state index in [4.69, 9.17) is 0 Å². The van der Waals surface area contributed by atoms with E-state index in [1.807, 2.05) is 6.07 Å². The van der Waals surface area contributed by atoms with Crippen molar-refractivity contribution in [3.05, 3.63) is 40.2 Å². The maximum atomic E-state index is 12.3. The Morgan fingerprint density at radius 2 is 2.27 bits per heavy atom. The number of aromatic amines is 1. The van der Waals surface area contributed by atoms with Crippen molar-refractivity contribution < 1.29 is 4.79 Å². The monoisotopic (exact) mass is 300 g/mol. The summed E-state index contributed by atoms with van der Waals surface area (Å²) in [7, 11) is 2.09. The molecule has 0 bridgehead atoms. The highest BCUT2D eigenvalue weighted by atomic mass is 16.2. The van der Waals surface area contributed by atoms with Crippen LogP contribution >= 0.6 is 0 Å². The molecule has 6 heteroatoms. The van der Waals surface area contributed by atoms with E-state index in [1.54, 1.807) is 18.2 Å². The Balaban J connectivity index is 1.72. The van der Waals surface area contributed by atoms with Gasteiger partial charge in [0.1, 0.15) is 0 Å². The van der Waals surface area contributed by atoms with Crippen LogP contribution in [0, 0.1) is 5.92 Å². The zero-order valence-electron chi connectivity index (χ0n) is 12.6. The third-order valence-electron chi connectivity index (χ3n) is 4.16. The quantitative estimate of drug-likeness (QED) is 0.886. The van der Waals surface area contributed by atoms with Crippen molar-refractivity contribution in [2.75, 3.05) is 26.7 Å². The second kappa shape index (κ2) is 6.27. The van der Waals surface area contributed by atoms with E-state index in [2.05, 4.69) is 27.5 Å². The molecule has 0 radical (unpaired) electrons. The molecule has 1 fully saturated rings. The molecule has 1 atom stereocenters. The van der Waals surface area contributed by atoms with E-state index in [0.717, 1.165) is 25.9 Å². The van der Waals surface area contributed by atoms with Gasteiger partial charge in [-0.3, -0.25) is 14.7 Å². The van der Waals surface area contributed by atoms with Crippen LogP contribution in [0.15, 0.2) is 29.1 Å². The van der Waals surface area contributed by atoms with Gasteiger partial charge in [-0.1, -0.05) is 12.1 Å². The van der Waals surface area contributed by atoms with Crippen molar-refractivity contribution in [2.45, 2.75) is 12.8 Å². The van der Waals surface area contributed by atoms with Gasteiger partial charge in [-0.05, 0) is 44.5 Å². The van der Waals surface area contributed by atoms with Gasteiger partial charge in [-0.15, -0.1) is 0 Å². The average Bonchev–Trinajstić information content (AvgIpc) is 2.53. The number of nitrogens with zero attached hydrogens (tertiary/aromatic N) is 2. The zero-order chi connectivity index (χ0) is 15.5. The summed E-state index contributed by atoms with van der Waals surface area (Å²) in [6, 6.07) is 7.06. The van der Waals surface area contributed by atoms with E-state index in [1.165, 1.54) is 0 Å².